The van der Waals surface area contributed by atoms with E-state index in [4.69, 9.17) is 0 Å². The van der Waals surface area contributed by atoms with Gasteiger partial charge < -0.3 is 15.1 Å². The molecule has 1 amide bonds. The molecule has 2 heterocycles. The first-order valence-corrected chi connectivity index (χ1v) is 9.85. The fraction of sp³-hybridized carbons (Fsp3) is 0.318. The zero-order chi connectivity index (χ0) is 22.5. The van der Waals surface area contributed by atoms with Gasteiger partial charge in [0.2, 0.25) is 11.8 Å². The Balaban J connectivity index is 1.94. The Kier molecular flexibility index (Phi) is 6.50. The van der Waals surface area contributed by atoms with E-state index in [1.165, 1.54) is 25.3 Å². The number of carbonyl (C=O) groups excluding carboxylic acids is 1. The molecule has 0 aliphatic carbocycles. The number of carboxylic acids is 1. The van der Waals surface area contributed by atoms with Crippen molar-refractivity contribution in [3.05, 3.63) is 56.9 Å². The number of likely N-dealkylation sites (tertiary alicyclic amines) is 1. The van der Waals surface area contributed by atoms with E-state index in [0.717, 1.165) is 11.0 Å². The fourth-order valence-corrected chi connectivity index (χ4v) is 3.59. The van der Waals surface area contributed by atoms with Gasteiger partial charge in [0.1, 0.15) is 11.6 Å². The van der Waals surface area contributed by atoms with E-state index in [9.17, 15) is 29.9 Å². The van der Waals surface area contributed by atoms with Gasteiger partial charge in [0.25, 0.3) is 5.56 Å². The first-order valence-electron chi connectivity index (χ1n) is 9.85. The number of hydrogen-bond acceptors (Lipinski definition) is 6. The molecule has 0 atom stereocenters. The number of nitrogens with zero attached hydrogens (tertiary/aromatic N) is 4. The van der Waals surface area contributed by atoms with Crippen LogP contribution in [0.2, 0.25) is 0 Å². The third-order valence-electron chi connectivity index (χ3n) is 5.29. The monoisotopic (exact) mass is 422 g/mol. The smallest absolute Gasteiger partial charge is 0.337 e. The summed E-state index contributed by atoms with van der Waals surface area (Å²) in [5.74, 6) is -1.43. The number of benzene rings is 1. The number of para-hydroxylation sites is 1. The van der Waals surface area contributed by atoms with Crippen LogP contribution >= 0.6 is 0 Å². The summed E-state index contributed by atoms with van der Waals surface area (Å²) in [5.41, 5.74) is -0.157. The molecule has 1 fully saturated rings. The molecule has 1 aliphatic rings. The molecule has 0 spiro atoms. The SMILES string of the molecule is Cc1c(C=Nc2ccccc2C(=O)O)c(O)n(CCCN2CCCC2=O)c(=O)c1C#N. The summed E-state index contributed by atoms with van der Waals surface area (Å²) >= 11 is 0. The lowest BCUT2D eigenvalue weighted by Gasteiger charge is -2.17. The summed E-state index contributed by atoms with van der Waals surface area (Å²) in [7, 11) is 0. The summed E-state index contributed by atoms with van der Waals surface area (Å²) in [5, 5.41) is 29.5. The molecule has 3 rings (SSSR count). The van der Waals surface area contributed by atoms with Gasteiger partial charge in [-0.2, -0.15) is 5.26 Å². The number of aromatic carboxylic acids is 1. The van der Waals surface area contributed by atoms with Crippen LogP contribution in [0.1, 0.15) is 46.3 Å². The second-order valence-electron chi connectivity index (χ2n) is 7.22. The Morgan fingerprint density at radius 3 is 2.68 bits per heavy atom. The van der Waals surface area contributed by atoms with Gasteiger partial charge in [0.15, 0.2) is 0 Å². The van der Waals surface area contributed by atoms with Crippen LogP contribution in [0.5, 0.6) is 5.88 Å². The molecule has 1 saturated heterocycles. The molecule has 2 aromatic rings. The van der Waals surface area contributed by atoms with Crippen molar-refractivity contribution in [3.8, 4) is 11.9 Å². The number of carboxylic acid groups (broad SMARTS) is 1. The summed E-state index contributed by atoms with van der Waals surface area (Å²) < 4.78 is 1.09. The second-order valence-corrected chi connectivity index (χ2v) is 7.22. The standard InChI is InChI=1S/C22H22N4O5/c1-14-16(12-23)20(28)26(11-5-10-25-9-4-8-19(25)27)21(29)17(14)13-24-18-7-3-2-6-15(18)22(30)31/h2-3,6-7,13,29H,4-5,8-11H2,1H3,(H,30,31). The number of rotatable bonds is 7. The Morgan fingerprint density at radius 1 is 1.29 bits per heavy atom. The van der Waals surface area contributed by atoms with Crippen LogP contribution in [0.4, 0.5) is 5.69 Å². The molecule has 1 aliphatic heterocycles. The minimum Gasteiger partial charge on any atom is -0.494 e. The number of aromatic nitrogens is 1. The van der Waals surface area contributed by atoms with Crippen LogP contribution in [0.25, 0.3) is 0 Å². The van der Waals surface area contributed by atoms with Crippen LogP contribution in [-0.4, -0.2) is 50.9 Å². The molecule has 9 heteroatoms. The minimum atomic E-state index is -1.15. The minimum absolute atomic E-state index is 0.0139. The zero-order valence-electron chi connectivity index (χ0n) is 17.0. The molecular formula is C22H22N4O5. The quantitative estimate of drug-likeness (QED) is 0.657. The largest absolute Gasteiger partial charge is 0.494 e. The molecule has 0 radical (unpaired) electrons. The van der Waals surface area contributed by atoms with Crippen molar-refractivity contribution in [1.82, 2.24) is 9.47 Å². The maximum Gasteiger partial charge on any atom is 0.337 e. The molecule has 0 saturated carbocycles. The number of aromatic hydroxyl groups is 1. The molecular weight excluding hydrogens is 400 g/mol. The van der Waals surface area contributed by atoms with Crippen molar-refractivity contribution in [1.29, 1.82) is 5.26 Å². The van der Waals surface area contributed by atoms with E-state index in [2.05, 4.69) is 4.99 Å². The van der Waals surface area contributed by atoms with E-state index in [-0.39, 0.29) is 46.3 Å². The fourth-order valence-electron chi connectivity index (χ4n) is 3.59. The highest BCUT2D eigenvalue weighted by Crippen LogP contribution is 2.23. The number of carbonyl (C=O) groups is 2. The Hall–Kier alpha value is -3.93. The van der Waals surface area contributed by atoms with Gasteiger partial charge in [-0.05, 0) is 37.5 Å². The van der Waals surface area contributed by atoms with Gasteiger partial charge >= 0.3 is 5.97 Å². The lowest BCUT2D eigenvalue weighted by molar-refractivity contribution is -0.127. The Morgan fingerprint density at radius 2 is 2.03 bits per heavy atom. The van der Waals surface area contributed by atoms with Gasteiger partial charge in [-0.1, -0.05) is 12.1 Å². The van der Waals surface area contributed by atoms with E-state index >= 15 is 0 Å². The van der Waals surface area contributed by atoms with Gasteiger partial charge in [-0.3, -0.25) is 19.1 Å². The van der Waals surface area contributed by atoms with Gasteiger partial charge in [0, 0.05) is 32.3 Å². The van der Waals surface area contributed by atoms with Gasteiger partial charge in [-0.15, -0.1) is 0 Å². The molecule has 0 unspecified atom stereocenters. The topological polar surface area (TPSA) is 136 Å². The van der Waals surface area contributed by atoms with E-state index in [1.807, 2.05) is 6.07 Å². The molecule has 160 valence electrons. The van der Waals surface area contributed by atoms with Crippen molar-refractivity contribution < 1.29 is 19.8 Å². The predicted molar refractivity (Wildman–Crippen MR) is 113 cm³/mol. The highest BCUT2D eigenvalue weighted by atomic mass is 16.4. The van der Waals surface area contributed by atoms with Crippen LogP contribution < -0.4 is 5.56 Å². The lowest BCUT2D eigenvalue weighted by atomic mass is 10.1. The van der Waals surface area contributed by atoms with E-state index in [1.54, 1.807) is 17.0 Å². The van der Waals surface area contributed by atoms with E-state index in [0.29, 0.717) is 25.9 Å². The predicted octanol–water partition coefficient (Wildman–Crippen LogP) is 2.20. The number of pyridine rings is 1. The first kappa shape index (κ1) is 21.8. The summed E-state index contributed by atoms with van der Waals surface area (Å²) in [4.78, 5) is 41.7. The van der Waals surface area contributed by atoms with Crippen molar-refractivity contribution in [2.75, 3.05) is 13.1 Å². The van der Waals surface area contributed by atoms with Gasteiger partial charge in [-0.25, -0.2) is 4.79 Å². The number of hydrogen-bond donors (Lipinski definition) is 2. The molecule has 1 aromatic heterocycles. The molecule has 1 aromatic carbocycles. The van der Waals surface area contributed by atoms with Crippen LogP contribution in [0.3, 0.4) is 0 Å². The normalized spacial score (nSPS) is 13.7. The first-order chi connectivity index (χ1) is 14.8. The second kappa shape index (κ2) is 9.26. The van der Waals surface area contributed by atoms with Crippen LogP contribution in [0, 0.1) is 18.3 Å². The lowest BCUT2D eigenvalue weighted by Crippen LogP contribution is -2.29. The Bertz CT molecular complexity index is 1160. The number of nitriles is 1. The summed E-state index contributed by atoms with van der Waals surface area (Å²) in [6.45, 7) is 2.78. The average molecular weight is 422 g/mol. The molecule has 31 heavy (non-hydrogen) atoms. The summed E-state index contributed by atoms with van der Waals surface area (Å²) in [6, 6.07) is 8.00. The third-order valence-corrected chi connectivity index (χ3v) is 5.29. The van der Waals surface area contributed by atoms with Crippen molar-refractivity contribution in [2.45, 2.75) is 32.7 Å². The maximum absolute atomic E-state index is 12.7. The highest BCUT2D eigenvalue weighted by Gasteiger charge is 2.21. The molecule has 0 bridgehead atoms. The van der Waals surface area contributed by atoms with Crippen molar-refractivity contribution in [3.63, 3.8) is 0 Å². The highest BCUT2D eigenvalue weighted by molar-refractivity contribution is 5.95. The van der Waals surface area contributed by atoms with Crippen molar-refractivity contribution in [2.24, 2.45) is 4.99 Å². The van der Waals surface area contributed by atoms with Gasteiger partial charge in [0.05, 0.1) is 16.8 Å². The van der Waals surface area contributed by atoms with Crippen LogP contribution in [-0.2, 0) is 11.3 Å². The molecule has 9 nitrogen and oxygen atoms in total. The van der Waals surface area contributed by atoms with Crippen LogP contribution in [0.15, 0.2) is 34.1 Å². The summed E-state index contributed by atoms with van der Waals surface area (Å²) in [6.07, 6.45) is 3.02. The zero-order valence-corrected chi connectivity index (χ0v) is 17.0. The maximum atomic E-state index is 12.7. The van der Waals surface area contributed by atoms with E-state index < -0.39 is 11.5 Å². The average Bonchev–Trinajstić information content (AvgIpc) is 3.15. The third kappa shape index (κ3) is 4.48. The van der Waals surface area contributed by atoms with Crippen molar-refractivity contribution >= 4 is 23.8 Å². The molecule has 2 N–H and O–H groups in total. The number of amides is 1. The number of aliphatic imine (C=N–C) groups is 1. The Labute approximate surface area is 178 Å².